The van der Waals surface area contributed by atoms with Crippen LogP contribution in [0.25, 0.3) is 0 Å². The molecular weight excluding hydrogens is 323 g/mol. The summed E-state index contributed by atoms with van der Waals surface area (Å²) in [4.78, 5) is 0. The summed E-state index contributed by atoms with van der Waals surface area (Å²) in [5.41, 5.74) is 5.54. The Bertz CT molecular complexity index is 565. The van der Waals surface area contributed by atoms with Crippen molar-refractivity contribution >= 4 is 15.9 Å². The Kier molecular flexibility index (Phi) is 3.96. The largest absolute Gasteiger partial charge is 0.435 e. The third kappa shape index (κ3) is 2.98. The first-order valence-corrected chi connectivity index (χ1v) is 6.29. The van der Waals surface area contributed by atoms with Crippen molar-refractivity contribution in [3.8, 4) is 0 Å². The van der Waals surface area contributed by atoms with Crippen LogP contribution in [0, 0.1) is 0 Å². The Balaban J connectivity index is 2.38. The summed E-state index contributed by atoms with van der Waals surface area (Å²) in [6.07, 6.45) is -3.15. The monoisotopic (exact) mass is 333 g/mol. The van der Waals surface area contributed by atoms with Crippen molar-refractivity contribution in [3.63, 3.8) is 0 Å². The summed E-state index contributed by atoms with van der Waals surface area (Å²) in [5, 5.41) is 3.56. The van der Waals surface area contributed by atoms with Gasteiger partial charge in [0.1, 0.15) is 0 Å². The number of benzene rings is 1. The number of hydrogen-bond donors (Lipinski definition) is 1. The van der Waals surface area contributed by atoms with E-state index in [9.17, 15) is 13.2 Å². The molecule has 1 atom stereocenters. The average Bonchev–Trinajstić information content (AvgIpc) is 2.82. The van der Waals surface area contributed by atoms with E-state index in [0.29, 0.717) is 0 Å². The predicted molar refractivity (Wildman–Crippen MR) is 68.6 cm³/mol. The third-order valence-corrected chi connectivity index (χ3v) is 3.43. The lowest BCUT2D eigenvalue weighted by Gasteiger charge is -2.17. The fourth-order valence-electron chi connectivity index (χ4n) is 1.79. The van der Waals surface area contributed by atoms with Crippen molar-refractivity contribution in [2.24, 2.45) is 5.73 Å². The van der Waals surface area contributed by atoms with Gasteiger partial charge in [-0.05, 0) is 17.7 Å². The molecule has 1 aromatic carbocycles. The van der Waals surface area contributed by atoms with Gasteiger partial charge in [0.25, 0.3) is 0 Å². The lowest BCUT2D eigenvalue weighted by atomic mass is 10.1. The smallest absolute Gasteiger partial charge is 0.328 e. The summed E-state index contributed by atoms with van der Waals surface area (Å²) in [7, 11) is 0. The summed E-state index contributed by atoms with van der Waals surface area (Å²) in [5.74, 6) is 0. The predicted octanol–water partition coefficient (Wildman–Crippen LogP) is 3.21. The number of halogens is 4. The molecule has 0 aliphatic carbocycles. The molecule has 2 aromatic rings. The minimum atomic E-state index is -4.45. The molecule has 1 heterocycles. The molecule has 0 aliphatic rings. The summed E-state index contributed by atoms with van der Waals surface area (Å²) in [6, 6.07) is 7.75. The zero-order chi connectivity index (χ0) is 14.0. The Hall–Kier alpha value is -1.34. The van der Waals surface area contributed by atoms with Crippen molar-refractivity contribution in [2.75, 3.05) is 6.54 Å². The second-order valence-electron chi connectivity index (χ2n) is 3.95. The van der Waals surface area contributed by atoms with Crippen LogP contribution in [0.5, 0.6) is 0 Å². The van der Waals surface area contributed by atoms with Gasteiger partial charge in [0.15, 0.2) is 5.69 Å². The maximum Gasteiger partial charge on any atom is 0.435 e. The highest BCUT2D eigenvalue weighted by Gasteiger charge is 2.34. The SMILES string of the molecule is NCC(c1ccccc1Br)n1ccc(C(F)(F)F)n1. The fraction of sp³-hybridized carbons (Fsp3) is 0.250. The maximum absolute atomic E-state index is 12.5. The van der Waals surface area contributed by atoms with Crippen LogP contribution in [0.3, 0.4) is 0 Å². The highest BCUT2D eigenvalue weighted by atomic mass is 79.9. The molecular formula is C12H11BrF3N3. The number of nitrogens with two attached hydrogens (primary N) is 1. The van der Waals surface area contributed by atoms with Crippen LogP contribution in [-0.2, 0) is 6.18 Å². The van der Waals surface area contributed by atoms with Crippen LogP contribution in [-0.4, -0.2) is 16.3 Å². The molecule has 3 nitrogen and oxygen atoms in total. The first-order chi connectivity index (χ1) is 8.93. The molecule has 0 bridgehead atoms. The molecule has 19 heavy (non-hydrogen) atoms. The number of nitrogens with zero attached hydrogens (tertiary/aromatic N) is 2. The van der Waals surface area contributed by atoms with Crippen molar-refractivity contribution in [1.82, 2.24) is 9.78 Å². The van der Waals surface area contributed by atoms with Gasteiger partial charge in [0, 0.05) is 17.2 Å². The van der Waals surface area contributed by atoms with Crippen LogP contribution < -0.4 is 5.73 Å². The van der Waals surface area contributed by atoms with Gasteiger partial charge in [-0.25, -0.2) is 0 Å². The Morgan fingerprint density at radius 1 is 1.26 bits per heavy atom. The number of hydrogen-bond acceptors (Lipinski definition) is 2. The van der Waals surface area contributed by atoms with Crippen LogP contribution in [0.15, 0.2) is 41.0 Å². The van der Waals surface area contributed by atoms with Gasteiger partial charge >= 0.3 is 6.18 Å². The van der Waals surface area contributed by atoms with E-state index in [0.717, 1.165) is 16.1 Å². The molecule has 102 valence electrons. The molecule has 0 amide bonds. The van der Waals surface area contributed by atoms with Gasteiger partial charge in [-0.15, -0.1) is 0 Å². The van der Waals surface area contributed by atoms with E-state index in [2.05, 4.69) is 21.0 Å². The van der Waals surface area contributed by atoms with E-state index >= 15 is 0 Å². The van der Waals surface area contributed by atoms with Crippen LogP contribution >= 0.6 is 15.9 Å². The third-order valence-electron chi connectivity index (χ3n) is 2.71. The number of aromatic nitrogens is 2. The average molecular weight is 334 g/mol. The lowest BCUT2D eigenvalue weighted by molar-refractivity contribution is -0.141. The van der Waals surface area contributed by atoms with Gasteiger partial charge in [-0.1, -0.05) is 34.1 Å². The second-order valence-corrected chi connectivity index (χ2v) is 4.81. The molecule has 0 saturated carbocycles. The molecule has 1 aromatic heterocycles. The van der Waals surface area contributed by atoms with Gasteiger partial charge in [-0.3, -0.25) is 4.68 Å². The van der Waals surface area contributed by atoms with Gasteiger partial charge < -0.3 is 5.73 Å². The van der Waals surface area contributed by atoms with Crippen LogP contribution in [0.4, 0.5) is 13.2 Å². The van der Waals surface area contributed by atoms with Gasteiger partial charge in [0.05, 0.1) is 6.04 Å². The minimum absolute atomic E-state index is 0.154. The summed E-state index contributed by atoms with van der Waals surface area (Å²) < 4.78 is 39.6. The minimum Gasteiger partial charge on any atom is -0.328 e. The highest BCUT2D eigenvalue weighted by Crippen LogP contribution is 2.30. The maximum atomic E-state index is 12.5. The van der Waals surface area contributed by atoms with Crippen molar-refractivity contribution in [3.05, 3.63) is 52.3 Å². The molecule has 1 unspecified atom stereocenters. The second kappa shape index (κ2) is 5.34. The zero-order valence-corrected chi connectivity index (χ0v) is 11.3. The number of alkyl halides is 3. The van der Waals surface area contributed by atoms with Crippen molar-refractivity contribution < 1.29 is 13.2 Å². The van der Waals surface area contributed by atoms with Crippen LogP contribution in [0.1, 0.15) is 17.3 Å². The van der Waals surface area contributed by atoms with Crippen molar-refractivity contribution in [1.29, 1.82) is 0 Å². The molecule has 0 spiro atoms. The highest BCUT2D eigenvalue weighted by molar-refractivity contribution is 9.10. The van der Waals surface area contributed by atoms with Gasteiger partial charge in [-0.2, -0.15) is 18.3 Å². The Morgan fingerprint density at radius 3 is 2.47 bits per heavy atom. The summed E-state index contributed by atoms with van der Waals surface area (Å²) in [6.45, 7) is 0.154. The topological polar surface area (TPSA) is 43.8 Å². The lowest BCUT2D eigenvalue weighted by Crippen LogP contribution is -2.22. The molecule has 2 N–H and O–H groups in total. The molecule has 0 radical (unpaired) electrons. The van der Waals surface area contributed by atoms with Crippen LogP contribution in [0.2, 0.25) is 0 Å². The standard InChI is InChI=1S/C12H11BrF3N3/c13-9-4-2-1-3-8(9)10(7-17)19-6-5-11(18-19)12(14,15)16/h1-6,10H,7,17H2. The fourth-order valence-corrected chi connectivity index (χ4v) is 2.33. The van der Waals surface area contributed by atoms with E-state index in [-0.39, 0.29) is 6.54 Å². The normalized spacial score (nSPS) is 13.5. The zero-order valence-electron chi connectivity index (χ0n) is 9.73. The van der Waals surface area contributed by atoms with E-state index < -0.39 is 17.9 Å². The molecule has 0 aliphatic heterocycles. The van der Waals surface area contributed by atoms with E-state index in [4.69, 9.17) is 5.73 Å². The van der Waals surface area contributed by atoms with E-state index in [1.807, 2.05) is 12.1 Å². The van der Waals surface area contributed by atoms with Gasteiger partial charge in [0.2, 0.25) is 0 Å². The van der Waals surface area contributed by atoms with E-state index in [1.165, 1.54) is 10.9 Å². The molecule has 2 rings (SSSR count). The molecule has 0 fully saturated rings. The summed E-state index contributed by atoms with van der Waals surface area (Å²) >= 11 is 3.36. The first-order valence-electron chi connectivity index (χ1n) is 5.50. The molecule has 7 heteroatoms. The Morgan fingerprint density at radius 2 is 1.95 bits per heavy atom. The first kappa shape index (κ1) is 14.1. The molecule has 0 saturated heterocycles. The Labute approximate surface area is 116 Å². The van der Waals surface area contributed by atoms with E-state index in [1.54, 1.807) is 12.1 Å². The number of rotatable bonds is 3. The quantitative estimate of drug-likeness (QED) is 0.937. The van der Waals surface area contributed by atoms with Crippen molar-refractivity contribution in [2.45, 2.75) is 12.2 Å².